The first kappa shape index (κ1) is 24.7. The van der Waals surface area contributed by atoms with Crippen molar-refractivity contribution in [2.45, 2.75) is 43.7 Å². The first-order valence-corrected chi connectivity index (χ1v) is 12.4. The lowest BCUT2D eigenvalue weighted by atomic mass is 10.1. The first-order chi connectivity index (χ1) is 15.7. The second kappa shape index (κ2) is 10.4. The zero-order chi connectivity index (χ0) is 24.2. The van der Waals surface area contributed by atoms with Crippen molar-refractivity contribution in [3.63, 3.8) is 0 Å². The molecule has 0 spiro atoms. The third-order valence-corrected chi connectivity index (χ3v) is 7.98. The molecule has 3 rings (SSSR count). The smallest absolute Gasteiger partial charge is 0.253 e. The fourth-order valence-electron chi connectivity index (χ4n) is 4.04. The molecule has 2 aromatic rings. The highest BCUT2D eigenvalue weighted by molar-refractivity contribution is 7.89. The zero-order valence-corrected chi connectivity index (χ0v) is 20.3. The maximum absolute atomic E-state index is 13.4. The lowest BCUT2D eigenvalue weighted by Crippen LogP contribution is -2.42. The number of hydrogen-bond acceptors (Lipinski definition) is 5. The third kappa shape index (κ3) is 5.36. The van der Waals surface area contributed by atoms with Crippen molar-refractivity contribution in [1.82, 2.24) is 14.5 Å². The zero-order valence-electron chi connectivity index (χ0n) is 19.5. The Kier molecular flexibility index (Phi) is 7.76. The topological polar surface area (TPSA) is 96.0 Å². The summed E-state index contributed by atoms with van der Waals surface area (Å²) in [5.41, 5.74) is 1.65. The van der Waals surface area contributed by atoms with Crippen molar-refractivity contribution in [2.24, 2.45) is 0 Å². The summed E-state index contributed by atoms with van der Waals surface area (Å²) in [5, 5.41) is 2.57. The molecule has 9 heteroatoms. The van der Waals surface area contributed by atoms with E-state index >= 15 is 0 Å². The SMILES string of the molecule is CNC(=O)c1ccc(CN(C)C(=O)c2ccc(OC)c(S(=O)(=O)N3CCCC[C@H]3C)c2)cc1. The molecular formula is C24H31N3O5S. The number of carbonyl (C=O) groups is 2. The van der Waals surface area contributed by atoms with Gasteiger partial charge in [0.05, 0.1) is 7.11 Å². The molecule has 0 radical (unpaired) electrons. The second-order valence-corrected chi connectivity index (χ2v) is 10.1. The molecule has 0 aromatic heterocycles. The number of methoxy groups -OCH3 is 1. The van der Waals surface area contributed by atoms with Gasteiger partial charge >= 0.3 is 0 Å². The number of rotatable bonds is 7. The predicted molar refractivity (Wildman–Crippen MR) is 126 cm³/mol. The standard InChI is InChI=1S/C24H31N3O5S/c1-17-7-5-6-14-27(17)33(30,31)22-15-20(12-13-21(22)32-4)24(29)26(3)16-18-8-10-19(11-9-18)23(28)25-2/h8-13,15,17H,5-7,14,16H2,1-4H3,(H,25,28)/t17-/m1/s1. The number of amides is 2. The molecule has 1 aliphatic heterocycles. The first-order valence-electron chi connectivity index (χ1n) is 11.0. The van der Waals surface area contributed by atoms with Crippen LogP contribution in [0.5, 0.6) is 5.75 Å². The van der Waals surface area contributed by atoms with E-state index in [0.29, 0.717) is 18.7 Å². The van der Waals surface area contributed by atoms with Crippen LogP contribution in [-0.2, 0) is 16.6 Å². The highest BCUT2D eigenvalue weighted by Gasteiger charge is 2.33. The van der Waals surface area contributed by atoms with Crippen LogP contribution in [0.1, 0.15) is 52.5 Å². The van der Waals surface area contributed by atoms with Gasteiger partial charge in [-0.25, -0.2) is 8.42 Å². The van der Waals surface area contributed by atoms with Gasteiger partial charge in [0.25, 0.3) is 11.8 Å². The molecule has 178 valence electrons. The lowest BCUT2D eigenvalue weighted by Gasteiger charge is -2.32. The Labute approximate surface area is 195 Å². The van der Waals surface area contributed by atoms with E-state index in [2.05, 4.69) is 5.32 Å². The molecule has 33 heavy (non-hydrogen) atoms. The number of ether oxygens (including phenoxy) is 1. The summed E-state index contributed by atoms with van der Waals surface area (Å²) < 4.78 is 33.7. The number of sulfonamides is 1. The largest absolute Gasteiger partial charge is 0.495 e. The van der Waals surface area contributed by atoms with Crippen LogP contribution in [0.25, 0.3) is 0 Å². The highest BCUT2D eigenvalue weighted by atomic mass is 32.2. The number of piperidine rings is 1. The van der Waals surface area contributed by atoms with E-state index < -0.39 is 10.0 Å². The van der Waals surface area contributed by atoms with Gasteiger partial charge in [0.15, 0.2) is 0 Å². The monoisotopic (exact) mass is 473 g/mol. The average Bonchev–Trinajstić information content (AvgIpc) is 2.83. The van der Waals surface area contributed by atoms with Crippen LogP contribution in [0.3, 0.4) is 0 Å². The van der Waals surface area contributed by atoms with Crippen molar-refractivity contribution in [1.29, 1.82) is 0 Å². The normalized spacial score (nSPS) is 16.8. The fraction of sp³-hybridized carbons (Fsp3) is 0.417. The van der Waals surface area contributed by atoms with E-state index in [0.717, 1.165) is 24.8 Å². The van der Waals surface area contributed by atoms with Crippen molar-refractivity contribution in [2.75, 3.05) is 27.7 Å². The Bertz CT molecular complexity index is 1120. The number of nitrogens with one attached hydrogen (secondary N) is 1. The van der Waals surface area contributed by atoms with Gasteiger partial charge in [0.2, 0.25) is 10.0 Å². The van der Waals surface area contributed by atoms with Crippen molar-refractivity contribution < 1.29 is 22.7 Å². The van der Waals surface area contributed by atoms with Gasteiger partial charge in [-0.2, -0.15) is 4.31 Å². The van der Waals surface area contributed by atoms with Crippen LogP contribution in [0, 0.1) is 0 Å². The average molecular weight is 474 g/mol. The number of carbonyl (C=O) groups excluding carboxylic acids is 2. The van der Waals surface area contributed by atoms with Crippen molar-refractivity contribution in [3.8, 4) is 5.75 Å². The molecular weight excluding hydrogens is 442 g/mol. The minimum absolute atomic E-state index is 0.00734. The summed E-state index contributed by atoms with van der Waals surface area (Å²) in [6.45, 7) is 2.67. The second-order valence-electron chi connectivity index (χ2n) is 8.26. The lowest BCUT2D eigenvalue weighted by molar-refractivity contribution is 0.0784. The van der Waals surface area contributed by atoms with Crippen LogP contribution < -0.4 is 10.1 Å². The van der Waals surface area contributed by atoms with Crippen LogP contribution in [-0.4, -0.2) is 63.2 Å². The Morgan fingerprint density at radius 2 is 1.79 bits per heavy atom. The molecule has 1 heterocycles. The van der Waals surface area contributed by atoms with Crippen LogP contribution in [0.4, 0.5) is 0 Å². The van der Waals surface area contributed by atoms with E-state index in [4.69, 9.17) is 4.74 Å². The Morgan fingerprint density at radius 3 is 2.39 bits per heavy atom. The fourth-order valence-corrected chi connectivity index (χ4v) is 5.92. The van der Waals surface area contributed by atoms with E-state index in [1.807, 2.05) is 6.92 Å². The maximum atomic E-state index is 13.4. The molecule has 1 atom stereocenters. The number of nitrogens with zero attached hydrogens (tertiary/aromatic N) is 2. The van der Waals surface area contributed by atoms with Gasteiger partial charge in [-0.3, -0.25) is 9.59 Å². The van der Waals surface area contributed by atoms with Gasteiger partial charge in [-0.15, -0.1) is 0 Å². The molecule has 0 aliphatic carbocycles. The van der Waals surface area contributed by atoms with Gasteiger partial charge in [-0.05, 0) is 55.7 Å². The Morgan fingerprint density at radius 1 is 1.12 bits per heavy atom. The molecule has 2 amide bonds. The third-order valence-electron chi connectivity index (χ3n) is 5.95. The Balaban J connectivity index is 1.84. The molecule has 8 nitrogen and oxygen atoms in total. The predicted octanol–water partition coefficient (Wildman–Crippen LogP) is 2.89. The minimum atomic E-state index is -3.81. The van der Waals surface area contributed by atoms with Crippen LogP contribution in [0.2, 0.25) is 0 Å². The molecule has 1 N–H and O–H groups in total. The summed E-state index contributed by atoms with van der Waals surface area (Å²) in [4.78, 5) is 26.3. The van der Waals surface area contributed by atoms with E-state index in [-0.39, 0.29) is 34.1 Å². The summed E-state index contributed by atoms with van der Waals surface area (Å²) in [6, 6.07) is 11.4. The van der Waals surface area contributed by atoms with E-state index in [1.54, 1.807) is 44.4 Å². The molecule has 0 unspecified atom stereocenters. The van der Waals surface area contributed by atoms with Gasteiger partial charge in [0.1, 0.15) is 10.6 Å². The molecule has 1 fully saturated rings. The highest BCUT2D eigenvalue weighted by Crippen LogP contribution is 2.32. The molecule has 1 aliphatic rings. The van der Waals surface area contributed by atoms with Crippen LogP contribution in [0.15, 0.2) is 47.4 Å². The summed E-state index contributed by atoms with van der Waals surface area (Å²) in [6.07, 6.45) is 2.62. The maximum Gasteiger partial charge on any atom is 0.253 e. The van der Waals surface area contributed by atoms with Crippen LogP contribution >= 0.6 is 0 Å². The molecule has 2 aromatic carbocycles. The minimum Gasteiger partial charge on any atom is -0.495 e. The number of hydrogen-bond donors (Lipinski definition) is 1. The van der Waals surface area contributed by atoms with Crippen molar-refractivity contribution in [3.05, 3.63) is 59.2 Å². The van der Waals surface area contributed by atoms with Gasteiger partial charge < -0.3 is 15.0 Å². The molecule has 0 saturated carbocycles. The van der Waals surface area contributed by atoms with Gasteiger partial charge in [-0.1, -0.05) is 18.6 Å². The summed E-state index contributed by atoms with van der Waals surface area (Å²) in [5.74, 6) is -0.270. The van der Waals surface area contributed by atoms with Gasteiger partial charge in [0, 0.05) is 44.4 Å². The molecule has 0 bridgehead atoms. The summed E-state index contributed by atoms with van der Waals surface area (Å²) in [7, 11) is 0.831. The van der Waals surface area contributed by atoms with E-state index in [1.165, 1.54) is 28.4 Å². The van der Waals surface area contributed by atoms with Crippen molar-refractivity contribution >= 4 is 21.8 Å². The Hall–Kier alpha value is -2.91. The van der Waals surface area contributed by atoms with E-state index in [9.17, 15) is 18.0 Å². The molecule has 1 saturated heterocycles. The number of benzene rings is 2. The quantitative estimate of drug-likeness (QED) is 0.667. The summed E-state index contributed by atoms with van der Waals surface area (Å²) >= 11 is 0.